The predicted octanol–water partition coefficient (Wildman–Crippen LogP) is 4.56. The molecule has 0 spiro atoms. The summed E-state index contributed by atoms with van der Waals surface area (Å²) in [7, 11) is -0.169. The quantitative estimate of drug-likeness (QED) is 0.190. The van der Waals surface area contributed by atoms with E-state index < -0.39 is 22.6 Å². The van der Waals surface area contributed by atoms with Crippen molar-refractivity contribution in [2.45, 2.75) is 64.5 Å². The van der Waals surface area contributed by atoms with E-state index in [4.69, 9.17) is 0 Å². The highest BCUT2D eigenvalue weighted by atomic mass is 32.2. The number of nitrogens with one attached hydrogen (secondary N) is 3. The van der Waals surface area contributed by atoms with Gasteiger partial charge in [0.2, 0.25) is 16.0 Å². The van der Waals surface area contributed by atoms with Crippen molar-refractivity contribution in [2.24, 2.45) is 0 Å². The molecule has 0 amide bonds. The molecule has 3 aromatic heterocycles. The number of alkyl halides is 3. The van der Waals surface area contributed by atoms with Crippen molar-refractivity contribution in [2.75, 3.05) is 69.9 Å². The van der Waals surface area contributed by atoms with Gasteiger partial charge < -0.3 is 15.2 Å². The zero-order valence-corrected chi connectivity index (χ0v) is 31.0. The number of likely N-dealkylation sites (tertiary alicyclic amines) is 1. The third-order valence-electron chi connectivity index (χ3n) is 10.1. The molecule has 5 heterocycles. The highest BCUT2D eigenvalue weighted by Gasteiger charge is 2.30. The first-order valence-corrected chi connectivity index (χ1v) is 19.7. The number of piperidine rings is 1. The smallest absolute Gasteiger partial charge is 0.367 e. The Morgan fingerprint density at radius 2 is 1.76 bits per heavy atom. The number of thiophene rings is 1. The molecule has 2 aliphatic rings. The number of aromatic nitrogens is 3. The molecule has 276 valence electrons. The Balaban J connectivity index is 1.08. The Morgan fingerprint density at radius 1 is 1.04 bits per heavy atom. The maximum Gasteiger partial charge on any atom is 0.393 e. The fourth-order valence-electron chi connectivity index (χ4n) is 7.15. The van der Waals surface area contributed by atoms with Crippen LogP contribution in [0, 0.1) is 18.3 Å². The molecule has 1 aromatic carbocycles. The molecular formula is C34H45F3N10O2S2. The maximum absolute atomic E-state index is 13.1. The Morgan fingerprint density at radius 3 is 2.41 bits per heavy atom. The Bertz CT molecular complexity index is 2010. The standard InChI is InChI=1S/C34H45F3N10O2S2/c1-22(46-13-11-45(12-14-46)21-51(48,49)40-4)19-47-26(18-38)15-28-23(2)24(5-6-30(28)47)20-44-9-7-25(8-10-44)41-31-29-16-27(17-34(35,36)37)50-32(29)43-33(39-3)42-31/h5-6,15-16,22,25,40H,7-14,17,19-21H2,1-4H3,(H2,39,41,42,43)/t22-/m0/s1. The van der Waals surface area contributed by atoms with Gasteiger partial charge in [0.1, 0.15) is 28.3 Å². The summed E-state index contributed by atoms with van der Waals surface area (Å²) < 4.78 is 67.7. The average molecular weight is 747 g/mol. The van der Waals surface area contributed by atoms with Crippen LogP contribution < -0.4 is 15.4 Å². The molecule has 0 bridgehead atoms. The van der Waals surface area contributed by atoms with E-state index in [2.05, 4.69) is 71.7 Å². The fraction of sp³-hybridized carbons (Fsp3) is 0.559. The normalized spacial score (nSPS) is 18.0. The number of halogens is 3. The summed E-state index contributed by atoms with van der Waals surface area (Å²) in [5.74, 6) is 0.929. The first-order chi connectivity index (χ1) is 24.3. The van der Waals surface area contributed by atoms with Gasteiger partial charge in [0, 0.05) is 87.3 Å². The number of piperazine rings is 1. The van der Waals surface area contributed by atoms with Gasteiger partial charge in [0.25, 0.3) is 0 Å². The van der Waals surface area contributed by atoms with Crippen LogP contribution in [-0.4, -0.2) is 115 Å². The molecule has 17 heteroatoms. The number of sulfonamides is 1. The van der Waals surface area contributed by atoms with Crippen LogP contribution >= 0.6 is 11.3 Å². The van der Waals surface area contributed by atoms with Crippen LogP contribution in [0.3, 0.4) is 0 Å². The van der Waals surface area contributed by atoms with Gasteiger partial charge in [-0.3, -0.25) is 14.7 Å². The number of anilines is 2. The molecule has 0 unspecified atom stereocenters. The van der Waals surface area contributed by atoms with E-state index in [-0.39, 0.29) is 22.8 Å². The summed E-state index contributed by atoms with van der Waals surface area (Å²) in [6.45, 7) is 10.3. The second-order valence-electron chi connectivity index (χ2n) is 13.5. The predicted molar refractivity (Wildman–Crippen MR) is 195 cm³/mol. The van der Waals surface area contributed by atoms with Crippen LogP contribution in [0.2, 0.25) is 0 Å². The lowest BCUT2D eigenvalue weighted by Crippen LogP contribution is -2.52. The molecule has 3 N–H and O–H groups in total. The van der Waals surface area contributed by atoms with Gasteiger partial charge in [-0.25, -0.2) is 18.1 Å². The molecule has 2 aliphatic heterocycles. The molecule has 0 saturated carbocycles. The van der Waals surface area contributed by atoms with E-state index in [0.29, 0.717) is 47.3 Å². The van der Waals surface area contributed by atoms with Crippen molar-refractivity contribution in [3.8, 4) is 6.07 Å². The number of nitrogens with zero attached hydrogens (tertiary/aromatic N) is 7. The molecular weight excluding hydrogens is 702 g/mol. The van der Waals surface area contributed by atoms with Gasteiger partial charge in [0.15, 0.2) is 0 Å². The van der Waals surface area contributed by atoms with Crippen LogP contribution in [0.4, 0.5) is 24.9 Å². The van der Waals surface area contributed by atoms with E-state index in [1.807, 2.05) is 11.0 Å². The van der Waals surface area contributed by atoms with Crippen LogP contribution in [0.5, 0.6) is 0 Å². The molecule has 4 aromatic rings. The molecule has 51 heavy (non-hydrogen) atoms. The van der Waals surface area contributed by atoms with E-state index in [1.54, 1.807) is 13.1 Å². The van der Waals surface area contributed by atoms with E-state index in [9.17, 15) is 26.9 Å². The molecule has 2 fully saturated rings. The summed E-state index contributed by atoms with van der Waals surface area (Å²) >= 11 is 1.05. The van der Waals surface area contributed by atoms with Crippen LogP contribution in [0.25, 0.3) is 21.1 Å². The third-order valence-corrected chi connectivity index (χ3v) is 12.4. The number of hydrogen-bond acceptors (Lipinski definition) is 11. The van der Waals surface area contributed by atoms with Gasteiger partial charge in [-0.2, -0.15) is 23.4 Å². The number of nitriles is 1. The second kappa shape index (κ2) is 15.2. The SMILES string of the molecule is CNc1nc(NC2CCN(Cc3ccc4c(cc(C#N)n4C[C@H](C)N4CCN(CS(=O)(=O)NC)CC4)c3C)CC2)c2cc(CC(F)(F)F)sc2n1. The number of fused-ring (bicyclic) bond motifs is 2. The highest BCUT2D eigenvalue weighted by molar-refractivity contribution is 7.89. The minimum absolute atomic E-state index is 0.000264. The van der Waals surface area contributed by atoms with Gasteiger partial charge in [-0.15, -0.1) is 11.3 Å². The zero-order valence-electron chi connectivity index (χ0n) is 29.3. The third kappa shape index (κ3) is 8.75. The highest BCUT2D eigenvalue weighted by Crippen LogP contribution is 2.35. The van der Waals surface area contributed by atoms with Gasteiger partial charge in [-0.1, -0.05) is 6.07 Å². The first-order valence-electron chi connectivity index (χ1n) is 17.2. The minimum atomic E-state index is -4.29. The first kappa shape index (κ1) is 37.2. The summed E-state index contributed by atoms with van der Waals surface area (Å²) in [5, 5.41) is 18.2. The number of rotatable bonds is 12. The van der Waals surface area contributed by atoms with Crippen molar-refractivity contribution in [1.82, 2.24) is 34.0 Å². The van der Waals surface area contributed by atoms with Crippen molar-refractivity contribution in [3.05, 3.63) is 46.0 Å². The lowest BCUT2D eigenvalue weighted by atomic mass is 10.0. The number of hydrogen-bond donors (Lipinski definition) is 3. The van der Waals surface area contributed by atoms with Gasteiger partial charge >= 0.3 is 6.18 Å². The summed E-state index contributed by atoms with van der Waals surface area (Å²) in [4.78, 5) is 16.4. The van der Waals surface area contributed by atoms with Gasteiger partial charge in [0.05, 0.1) is 11.8 Å². The Hall–Kier alpha value is -3.53. The molecule has 2 saturated heterocycles. The number of aryl methyl sites for hydroxylation is 1. The lowest BCUT2D eigenvalue weighted by molar-refractivity contribution is -0.126. The summed E-state index contributed by atoms with van der Waals surface area (Å²) in [6.07, 6.45) is -3.56. The maximum atomic E-state index is 13.1. The van der Waals surface area contributed by atoms with E-state index >= 15 is 0 Å². The summed E-state index contributed by atoms with van der Waals surface area (Å²) in [6, 6.07) is 10.5. The molecule has 12 nitrogen and oxygen atoms in total. The zero-order chi connectivity index (χ0) is 36.5. The van der Waals surface area contributed by atoms with Crippen LogP contribution in [0.1, 0.15) is 41.5 Å². The molecule has 1 atom stereocenters. The van der Waals surface area contributed by atoms with Crippen molar-refractivity contribution < 1.29 is 21.6 Å². The Kier molecular flexibility index (Phi) is 11.1. The fourth-order valence-corrected chi connectivity index (χ4v) is 9.07. The van der Waals surface area contributed by atoms with E-state index in [0.717, 1.165) is 73.4 Å². The van der Waals surface area contributed by atoms with Crippen LogP contribution in [0.15, 0.2) is 24.3 Å². The van der Waals surface area contributed by atoms with Crippen molar-refractivity contribution >= 4 is 54.2 Å². The van der Waals surface area contributed by atoms with E-state index in [1.165, 1.54) is 12.6 Å². The molecule has 0 aliphatic carbocycles. The van der Waals surface area contributed by atoms with Crippen molar-refractivity contribution in [1.29, 1.82) is 5.26 Å². The average Bonchev–Trinajstić information content (AvgIpc) is 3.66. The number of benzene rings is 1. The summed E-state index contributed by atoms with van der Waals surface area (Å²) in [5.41, 5.74) is 4.03. The monoisotopic (exact) mass is 746 g/mol. The van der Waals surface area contributed by atoms with Crippen LogP contribution in [-0.2, 0) is 29.5 Å². The van der Waals surface area contributed by atoms with Crippen molar-refractivity contribution in [3.63, 3.8) is 0 Å². The molecule has 0 radical (unpaired) electrons. The largest absolute Gasteiger partial charge is 0.393 e. The second-order valence-corrected chi connectivity index (χ2v) is 16.6. The topological polar surface area (TPSA) is 134 Å². The lowest BCUT2D eigenvalue weighted by Gasteiger charge is -2.38. The van der Waals surface area contributed by atoms with Gasteiger partial charge in [-0.05, 0) is 63.1 Å². The molecule has 6 rings (SSSR count). The Labute approximate surface area is 300 Å². The minimum Gasteiger partial charge on any atom is -0.367 e.